The van der Waals surface area contributed by atoms with Gasteiger partial charge in [-0.1, -0.05) is 6.07 Å². The average Bonchev–Trinajstić information content (AvgIpc) is 2.88. The van der Waals surface area contributed by atoms with Gasteiger partial charge in [-0.15, -0.1) is 0 Å². The zero-order valence-corrected chi connectivity index (χ0v) is 10.4. The van der Waals surface area contributed by atoms with E-state index in [0.29, 0.717) is 11.8 Å². The molecule has 1 heterocycles. The molecule has 80 valence electrons. The normalized spacial score (nSPS) is 26.3. The second kappa shape index (κ2) is 3.04. The summed E-state index contributed by atoms with van der Waals surface area (Å²) >= 11 is 3.56. The van der Waals surface area contributed by atoms with Gasteiger partial charge in [-0.05, 0) is 47.3 Å². The Morgan fingerprint density at radius 3 is 2.62 bits per heavy atom. The van der Waals surface area contributed by atoms with Gasteiger partial charge in [0, 0.05) is 16.3 Å². The molecule has 1 fully saturated rings. The van der Waals surface area contributed by atoms with Crippen molar-refractivity contribution in [2.45, 2.75) is 31.1 Å². The molecule has 0 aliphatic heterocycles. The third kappa shape index (κ3) is 1.07. The van der Waals surface area contributed by atoms with Gasteiger partial charge in [0.05, 0.1) is 16.9 Å². The molecule has 2 bridgehead atoms. The molecule has 16 heavy (non-hydrogen) atoms. The summed E-state index contributed by atoms with van der Waals surface area (Å²) in [5.41, 5.74) is 4.60. The first kappa shape index (κ1) is 9.11. The van der Waals surface area contributed by atoms with Gasteiger partial charge in [0.1, 0.15) is 5.52 Å². The Morgan fingerprint density at radius 2 is 1.81 bits per heavy atom. The second-order valence-electron chi connectivity index (χ2n) is 4.81. The summed E-state index contributed by atoms with van der Waals surface area (Å²) in [6.07, 6.45) is 3.90. The largest absolute Gasteiger partial charge is 0.249 e. The third-order valence-electron chi connectivity index (χ3n) is 3.91. The molecule has 0 radical (unpaired) electrons. The van der Waals surface area contributed by atoms with E-state index in [1.165, 1.54) is 30.7 Å². The minimum absolute atomic E-state index is 0.684. The molecule has 2 aromatic rings. The number of nitrogens with zero attached hydrogens (tertiary/aromatic N) is 2. The quantitative estimate of drug-likeness (QED) is 0.731. The summed E-state index contributed by atoms with van der Waals surface area (Å²) in [6.45, 7) is 0. The number of hydrogen-bond donors (Lipinski definition) is 0. The first-order valence-electron chi connectivity index (χ1n) is 5.79. The molecule has 0 spiro atoms. The number of halogens is 1. The Morgan fingerprint density at radius 1 is 1.06 bits per heavy atom. The van der Waals surface area contributed by atoms with Crippen LogP contribution in [0.15, 0.2) is 22.7 Å². The highest BCUT2D eigenvalue weighted by atomic mass is 79.9. The number of benzene rings is 1. The van der Waals surface area contributed by atoms with Crippen LogP contribution in [0.2, 0.25) is 0 Å². The predicted octanol–water partition coefficient (Wildman–Crippen LogP) is 3.76. The molecule has 1 aromatic heterocycles. The molecule has 0 N–H and O–H groups in total. The van der Waals surface area contributed by atoms with Crippen LogP contribution in [0.1, 0.15) is 42.5 Å². The van der Waals surface area contributed by atoms with Crippen molar-refractivity contribution in [1.82, 2.24) is 9.97 Å². The van der Waals surface area contributed by atoms with Crippen LogP contribution in [-0.2, 0) is 0 Å². The van der Waals surface area contributed by atoms with Gasteiger partial charge < -0.3 is 0 Å². The maximum atomic E-state index is 4.83. The topological polar surface area (TPSA) is 25.8 Å². The molecule has 0 unspecified atom stereocenters. The van der Waals surface area contributed by atoms with Gasteiger partial charge >= 0.3 is 0 Å². The van der Waals surface area contributed by atoms with Crippen LogP contribution in [0.3, 0.4) is 0 Å². The maximum Gasteiger partial charge on any atom is 0.103 e. The van der Waals surface area contributed by atoms with Crippen molar-refractivity contribution in [1.29, 1.82) is 0 Å². The molecule has 1 saturated carbocycles. The summed E-state index contributed by atoms with van der Waals surface area (Å²) < 4.78 is 1.06. The lowest BCUT2D eigenvalue weighted by Crippen LogP contribution is -2.04. The summed E-state index contributed by atoms with van der Waals surface area (Å²) in [4.78, 5) is 9.64. The Hall–Kier alpha value is -0.960. The van der Waals surface area contributed by atoms with Gasteiger partial charge in [-0.2, -0.15) is 0 Å². The van der Waals surface area contributed by atoms with Crippen LogP contribution in [0, 0.1) is 0 Å². The minimum atomic E-state index is 0.684. The molecular formula is C13H11BrN2. The van der Waals surface area contributed by atoms with E-state index >= 15 is 0 Å². The number of rotatable bonds is 0. The standard InChI is InChI=1S/C13H11BrN2/c14-9-2-1-3-10-13(9)16-12-8-5-4-7(6-8)11(12)15-10/h1-3,7-8H,4-6H2/t7-,8-/m1/s1. The Kier molecular flexibility index (Phi) is 1.73. The van der Waals surface area contributed by atoms with Crippen molar-refractivity contribution in [3.8, 4) is 0 Å². The van der Waals surface area contributed by atoms with Crippen LogP contribution in [0.5, 0.6) is 0 Å². The first-order chi connectivity index (χ1) is 7.83. The second-order valence-corrected chi connectivity index (χ2v) is 5.66. The highest BCUT2D eigenvalue weighted by Crippen LogP contribution is 2.51. The van der Waals surface area contributed by atoms with E-state index in [1.807, 2.05) is 12.1 Å². The molecule has 2 aliphatic rings. The van der Waals surface area contributed by atoms with Gasteiger partial charge in [-0.25, -0.2) is 9.97 Å². The molecule has 0 amide bonds. The van der Waals surface area contributed by atoms with Gasteiger partial charge in [0.2, 0.25) is 0 Å². The van der Waals surface area contributed by atoms with Crippen LogP contribution >= 0.6 is 15.9 Å². The smallest absolute Gasteiger partial charge is 0.103 e. The lowest BCUT2D eigenvalue weighted by molar-refractivity contribution is 0.685. The van der Waals surface area contributed by atoms with Crippen molar-refractivity contribution < 1.29 is 0 Å². The van der Waals surface area contributed by atoms with Crippen molar-refractivity contribution in [2.24, 2.45) is 0 Å². The van der Waals surface area contributed by atoms with Gasteiger partial charge in [-0.3, -0.25) is 0 Å². The number of aromatic nitrogens is 2. The predicted molar refractivity (Wildman–Crippen MR) is 66.6 cm³/mol. The number of fused-ring (bicyclic) bond motifs is 6. The first-order valence-corrected chi connectivity index (χ1v) is 6.58. The Labute approximate surface area is 102 Å². The molecule has 2 nitrogen and oxygen atoms in total. The van der Waals surface area contributed by atoms with Crippen LogP contribution < -0.4 is 0 Å². The van der Waals surface area contributed by atoms with E-state index in [9.17, 15) is 0 Å². The third-order valence-corrected chi connectivity index (χ3v) is 4.55. The zero-order valence-electron chi connectivity index (χ0n) is 8.78. The van der Waals surface area contributed by atoms with E-state index in [2.05, 4.69) is 22.0 Å². The van der Waals surface area contributed by atoms with E-state index in [0.717, 1.165) is 15.5 Å². The van der Waals surface area contributed by atoms with Gasteiger partial charge in [0.15, 0.2) is 0 Å². The molecule has 3 heteroatoms. The molecule has 4 rings (SSSR count). The lowest BCUT2D eigenvalue weighted by Gasteiger charge is -2.14. The Balaban J connectivity index is 2.08. The van der Waals surface area contributed by atoms with Crippen LogP contribution in [-0.4, -0.2) is 9.97 Å². The monoisotopic (exact) mass is 274 g/mol. The molecular weight excluding hydrogens is 264 g/mol. The number of hydrogen-bond acceptors (Lipinski definition) is 2. The van der Waals surface area contributed by atoms with Crippen molar-refractivity contribution in [3.05, 3.63) is 34.1 Å². The summed E-state index contributed by atoms with van der Waals surface area (Å²) in [6, 6.07) is 6.12. The van der Waals surface area contributed by atoms with E-state index in [-0.39, 0.29) is 0 Å². The highest BCUT2D eigenvalue weighted by Gasteiger charge is 2.39. The van der Waals surface area contributed by atoms with E-state index in [1.54, 1.807) is 0 Å². The zero-order chi connectivity index (χ0) is 10.7. The highest BCUT2D eigenvalue weighted by molar-refractivity contribution is 9.10. The maximum absolute atomic E-state index is 4.83. The summed E-state index contributed by atoms with van der Waals surface area (Å²) in [5, 5.41) is 0. The molecule has 0 saturated heterocycles. The fourth-order valence-electron chi connectivity index (χ4n) is 3.15. The SMILES string of the molecule is Brc1cccc2nc3c(nc12)[C@@H]1CC[C@@H]3C1. The average molecular weight is 275 g/mol. The lowest BCUT2D eigenvalue weighted by atomic mass is 10.0. The fourth-order valence-corrected chi connectivity index (χ4v) is 3.59. The summed E-state index contributed by atoms with van der Waals surface area (Å²) in [7, 11) is 0. The van der Waals surface area contributed by atoms with E-state index in [4.69, 9.17) is 9.97 Å². The van der Waals surface area contributed by atoms with Crippen molar-refractivity contribution >= 4 is 27.0 Å². The number of para-hydroxylation sites is 1. The Bertz CT molecular complexity index is 594. The van der Waals surface area contributed by atoms with Crippen molar-refractivity contribution in [2.75, 3.05) is 0 Å². The fraction of sp³-hybridized carbons (Fsp3) is 0.385. The molecule has 2 aliphatic carbocycles. The molecule has 1 aromatic carbocycles. The van der Waals surface area contributed by atoms with Crippen LogP contribution in [0.25, 0.3) is 11.0 Å². The van der Waals surface area contributed by atoms with Crippen LogP contribution in [0.4, 0.5) is 0 Å². The minimum Gasteiger partial charge on any atom is -0.249 e. The van der Waals surface area contributed by atoms with E-state index < -0.39 is 0 Å². The summed E-state index contributed by atoms with van der Waals surface area (Å²) in [5.74, 6) is 1.37. The van der Waals surface area contributed by atoms with Crippen molar-refractivity contribution in [3.63, 3.8) is 0 Å². The molecule has 2 atom stereocenters. The van der Waals surface area contributed by atoms with Gasteiger partial charge in [0.25, 0.3) is 0 Å².